The monoisotopic (exact) mass is 418 g/mol. The number of hydrogen-bond acceptors (Lipinski definition) is 6. The first-order valence-corrected chi connectivity index (χ1v) is 8.85. The summed E-state index contributed by atoms with van der Waals surface area (Å²) in [6.45, 7) is 0.175. The smallest absolute Gasteiger partial charge is 0.314 e. The van der Waals surface area contributed by atoms with Crippen molar-refractivity contribution in [2.45, 2.75) is 17.1 Å². The maximum absolute atomic E-state index is 13.3. The minimum atomic E-state index is -4.61. The number of hydrogen-bond donors (Lipinski definition) is 2. The Morgan fingerprint density at radius 2 is 1.92 bits per heavy atom. The van der Waals surface area contributed by atoms with Crippen molar-refractivity contribution in [3.8, 4) is 0 Å². The number of nitrogens with one attached hydrogen (secondary N) is 2. The van der Waals surface area contributed by atoms with Gasteiger partial charge in [0.15, 0.2) is 0 Å². The van der Waals surface area contributed by atoms with Crippen molar-refractivity contribution in [2.75, 3.05) is 32.7 Å². The lowest BCUT2D eigenvalue weighted by Gasteiger charge is -2.35. The van der Waals surface area contributed by atoms with Crippen LogP contribution in [0.4, 0.5) is 18.9 Å². The van der Waals surface area contributed by atoms with Gasteiger partial charge in [0.25, 0.3) is 5.69 Å². The summed E-state index contributed by atoms with van der Waals surface area (Å²) < 4.78 is 66.1. The summed E-state index contributed by atoms with van der Waals surface area (Å²) in [5.41, 5.74) is -0.461. The van der Waals surface area contributed by atoms with Gasteiger partial charge in [-0.3, -0.25) is 15.0 Å². The van der Waals surface area contributed by atoms with Gasteiger partial charge < -0.3 is 5.32 Å². The summed E-state index contributed by atoms with van der Waals surface area (Å²) in [5.74, 6) is 0. The van der Waals surface area contributed by atoms with Crippen molar-refractivity contribution in [2.24, 2.45) is 0 Å². The molecule has 1 unspecified atom stereocenters. The number of non-ortho nitro benzene ring substituents is 1. The van der Waals surface area contributed by atoms with Gasteiger partial charge in [-0.25, -0.2) is 13.1 Å². The maximum Gasteiger partial charge on any atom is 0.405 e. The van der Waals surface area contributed by atoms with E-state index in [4.69, 9.17) is 0 Å². The van der Waals surface area contributed by atoms with E-state index in [1.54, 1.807) is 0 Å². The Morgan fingerprint density at radius 3 is 2.46 bits per heavy atom. The number of nitro benzene ring substituents is 1. The standard InChI is InChI=1S/C13H17F3N4O4S.ClH/c14-13(15,16)12(19-6-4-17-5-7-19)9-18-25(23,24)11-3-1-2-10(8-11)20(21)22;/h1-3,8,12,17-18H,4-7,9H2;1H. The molecule has 0 bridgehead atoms. The second kappa shape index (κ2) is 8.95. The molecule has 0 radical (unpaired) electrons. The molecule has 2 N–H and O–H groups in total. The molecule has 13 heteroatoms. The average Bonchev–Trinajstić information content (AvgIpc) is 2.54. The largest absolute Gasteiger partial charge is 0.405 e. The normalized spacial score (nSPS) is 17.3. The Labute approximate surface area is 154 Å². The van der Waals surface area contributed by atoms with Crippen LogP contribution < -0.4 is 10.0 Å². The molecule has 0 aromatic heterocycles. The molecule has 1 aliphatic heterocycles. The summed E-state index contributed by atoms with van der Waals surface area (Å²) in [7, 11) is -4.31. The maximum atomic E-state index is 13.3. The van der Waals surface area contributed by atoms with Crippen LogP contribution in [0.2, 0.25) is 0 Å². The zero-order valence-corrected chi connectivity index (χ0v) is 15.0. The number of halogens is 4. The van der Waals surface area contributed by atoms with Crippen LogP contribution in [0.25, 0.3) is 0 Å². The van der Waals surface area contributed by atoms with Gasteiger partial charge in [0.1, 0.15) is 6.04 Å². The highest BCUT2D eigenvalue weighted by Crippen LogP contribution is 2.25. The van der Waals surface area contributed by atoms with Crippen molar-refractivity contribution in [1.82, 2.24) is 14.9 Å². The van der Waals surface area contributed by atoms with E-state index in [0.29, 0.717) is 13.1 Å². The van der Waals surface area contributed by atoms with E-state index in [2.05, 4.69) is 5.32 Å². The topological polar surface area (TPSA) is 105 Å². The van der Waals surface area contributed by atoms with Gasteiger partial charge in [0.2, 0.25) is 10.0 Å². The molecule has 1 atom stereocenters. The van der Waals surface area contributed by atoms with Gasteiger partial charge in [-0.1, -0.05) is 6.07 Å². The van der Waals surface area contributed by atoms with Crippen LogP contribution in [0.5, 0.6) is 0 Å². The molecule has 0 aliphatic carbocycles. The van der Waals surface area contributed by atoms with Crippen molar-refractivity contribution >= 4 is 28.1 Å². The number of sulfonamides is 1. The Hall–Kier alpha value is -1.47. The van der Waals surface area contributed by atoms with E-state index in [1.807, 2.05) is 4.72 Å². The van der Waals surface area contributed by atoms with Crippen LogP contribution in [0.3, 0.4) is 0 Å². The fourth-order valence-electron chi connectivity index (χ4n) is 2.48. The molecule has 8 nitrogen and oxygen atoms in total. The zero-order chi connectivity index (χ0) is 18.7. The molecule has 0 saturated carbocycles. The average molecular weight is 419 g/mol. The Morgan fingerprint density at radius 1 is 1.31 bits per heavy atom. The van der Waals surface area contributed by atoms with Gasteiger partial charge in [-0.2, -0.15) is 13.2 Å². The van der Waals surface area contributed by atoms with E-state index < -0.39 is 44.3 Å². The molecule has 1 heterocycles. The van der Waals surface area contributed by atoms with Gasteiger partial charge in [-0.15, -0.1) is 12.4 Å². The first kappa shape index (κ1) is 22.6. The lowest BCUT2D eigenvalue weighted by atomic mass is 10.2. The minimum absolute atomic E-state index is 0. The summed E-state index contributed by atoms with van der Waals surface area (Å²) in [6.07, 6.45) is -4.61. The van der Waals surface area contributed by atoms with Crippen molar-refractivity contribution in [3.05, 3.63) is 34.4 Å². The van der Waals surface area contributed by atoms with Gasteiger partial charge in [-0.05, 0) is 6.07 Å². The number of nitro groups is 1. The quantitative estimate of drug-likeness (QED) is 0.530. The molecule has 1 aliphatic rings. The van der Waals surface area contributed by atoms with Crippen molar-refractivity contribution < 1.29 is 26.5 Å². The van der Waals surface area contributed by atoms with E-state index in [1.165, 1.54) is 0 Å². The molecule has 1 saturated heterocycles. The number of alkyl halides is 3. The fourth-order valence-corrected chi connectivity index (χ4v) is 3.56. The third kappa shape index (κ3) is 5.77. The molecule has 0 spiro atoms. The minimum Gasteiger partial charge on any atom is -0.314 e. The second-order valence-electron chi connectivity index (χ2n) is 5.45. The Balaban J connectivity index is 0.00000338. The van der Waals surface area contributed by atoms with Crippen molar-refractivity contribution in [1.29, 1.82) is 0 Å². The second-order valence-corrected chi connectivity index (χ2v) is 7.22. The number of benzene rings is 1. The highest BCUT2D eigenvalue weighted by atomic mass is 35.5. The molecule has 1 aromatic rings. The molecule has 1 aromatic carbocycles. The zero-order valence-electron chi connectivity index (χ0n) is 13.4. The fraction of sp³-hybridized carbons (Fsp3) is 0.538. The van der Waals surface area contributed by atoms with Crippen LogP contribution in [-0.4, -0.2) is 63.2 Å². The summed E-state index contributed by atoms with van der Waals surface area (Å²) in [5, 5.41) is 13.6. The molecule has 0 amide bonds. The highest BCUT2D eigenvalue weighted by Gasteiger charge is 2.44. The van der Waals surface area contributed by atoms with Crippen LogP contribution >= 0.6 is 12.4 Å². The first-order chi connectivity index (χ1) is 11.6. The number of nitrogens with zero attached hydrogens (tertiary/aromatic N) is 2. The summed E-state index contributed by atoms with van der Waals surface area (Å²) >= 11 is 0. The lowest BCUT2D eigenvalue weighted by Crippen LogP contribution is -2.57. The van der Waals surface area contributed by atoms with Crippen LogP contribution in [0.1, 0.15) is 0 Å². The van der Waals surface area contributed by atoms with E-state index >= 15 is 0 Å². The number of piperazine rings is 1. The third-order valence-electron chi connectivity index (χ3n) is 3.78. The van der Waals surface area contributed by atoms with Crippen molar-refractivity contribution in [3.63, 3.8) is 0 Å². The number of rotatable bonds is 6. The van der Waals surface area contributed by atoms with Gasteiger partial charge >= 0.3 is 6.18 Å². The lowest BCUT2D eigenvalue weighted by molar-refractivity contribution is -0.385. The Kier molecular flexibility index (Phi) is 7.77. The van der Waals surface area contributed by atoms with Gasteiger partial charge in [0, 0.05) is 44.9 Å². The SMILES string of the molecule is Cl.O=[N+]([O-])c1cccc(S(=O)(=O)NCC(N2CCNCC2)C(F)(F)F)c1. The molecule has 1 fully saturated rings. The van der Waals surface area contributed by atoms with Gasteiger partial charge in [0.05, 0.1) is 9.82 Å². The molecule has 26 heavy (non-hydrogen) atoms. The van der Waals surface area contributed by atoms with E-state index in [0.717, 1.165) is 29.2 Å². The summed E-state index contributed by atoms with van der Waals surface area (Å²) in [4.78, 5) is 10.6. The van der Waals surface area contributed by atoms with Crippen LogP contribution in [-0.2, 0) is 10.0 Å². The predicted octanol–water partition coefficient (Wildman–Crippen LogP) is 1.13. The van der Waals surface area contributed by atoms with E-state index in [-0.39, 0.29) is 25.5 Å². The molecular weight excluding hydrogens is 401 g/mol. The first-order valence-electron chi connectivity index (χ1n) is 7.37. The van der Waals surface area contributed by atoms with Crippen LogP contribution in [0, 0.1) is 10.1 Å². The molecular formula is C13H18ClF3N4O4S. The van der Waals surface area contributed by atoms with E-state index in [9.17, 15) is 31.7 Å². The highest BCUT2D eigenvalue weighted by molar-refractivity contribution is 7.89. The summed E-state index contributed by atoms with van der Waals surface area (Å²) in [6, 6.07) is 2.17. The third-order valence-corrected chi connectivity index (χ3v) is 5.20. The Bertz CT molecular complexity index is 726. The molecule has 148 valence electrons. The van der Waals surface area contributed by atoms with Crippen LogP contribution in [0.15, 0.2) is 29.2 Å². The molecule has 2 rings (SSSR count). The predicted molar refractivity (Wildman–Crippen MR) is 89.8 cm³/mol.